The maximum absolute atomic E-state index is 13.3. The van der Waals surface area contributed by atoms with Gasteiger partial charge in [-0.3, -0.25) is 4.79 Å². The minimum absolute atomic E-state index is 0.0163. The third-order valence-electron chi connectivity index (χ3n) is 4.78. The molecule has 1 fully saturated rings. The third-order valence-corrected chi connectivity index (χ3v) is 4.78. The quantitative estimate of drug-likeness (QED) is 0.693. The molecule has 144 valence electrons. The molecular weight excluding hydrogens is 357 g/mol. The number of ether oxygens (including phenoxy) is 1. The summed E-state index contributed by atoms with van der Waals surface area (Å²) in [6.45, 7) is 5.01. The summed E-state index contributed by atoms with van der Waals surface area (Å²) < 4.78 is 20.7. The second kappa shape index (κ2) is 7.56. The van der Waals surface area contributed by atoms with Gasteiger partial charge in [0.15, 0.2) is 0 Å². The lowest BCUT2D eigenvalue weighted by Crippen LogP contribution is -2.48. The minimum atomic E-state index is -0.307. The molecule has 5 nitrogen and oxygen atoms in total. The first-order valence-electron chi connectivity index (χ1n) is 9.37. The van der Waals surface area contributed by atoms with E-state index in [2.05, 4.69) is 5.10 Å². The minimum Gasteiger partial charge on any atom is -0.372 e. The van der Waals surface area contributed by atoms with Crippen LogP contribution in [0.25, 0.3) is 16.9 Å². The molecule has 0 radical (unpaired) electrons. The van der Waals surface area contributed by atoms with Crippen LogP contribution in [0.2, 0.25) is 0 Å². The fourth-order valence-corrected chi connectivity index (χ4v) is 3.57. The van der Waals surface area contributed by atoms with Crippen molar-refractivity contribution in [2.45, 2.75) is 26.1 Å². The predicted molar refractivity (Wildman–Crippen MR) is 105 cm³/mol. The van der Waals surface area contributed by atoms with E-state index in [0.29, 0.717) is 24.5 Å². The molecule has 0 spiro atoms. The molecule has 1 saturated heterocycles. The number of para-hydroxylation sites is 1. The van der Waals surface area contributed by atoms with Gasteiger partial charge in [0, 0.05) is 18.7 Å². The van der Waals surface area contributed by atoms with E-state index in [-0.39, 0.29) is 23.9 Å². The summed E-state index contributed by atoms with van der Waals surface area (Å²) >= 11 is 0. The van der Waals surface area contributed by atoms with Gasteiger partial charge in [-0.15, -0.1) is 0 Å². The average molecular weight is 379 g/mol. The smallest absolute Gasteiger partial charge is 0.272 e. The van der Waals surface area contributed by atoms with Gasteiger partial charge in [0.05, 0.1) is 23.6 Å². The van der Waals surface area contributed by atoms with Crippen LogP contribution in [0.4, 0.5) is 4.39 Å². The molecule has 1 aliphatic rings. The van der Waals surface area contributed by atoms with Gasteiger partial charge in [0.2, 0.25) is 0 Å². The van der Waals surface area contributed by atoms with Gasteiger partial charge < -0.3 is 9.64 Å². The van der Waals surface area contributed by atoms with Gasteiger partial charge >= 0.3 is 0 Å². The Bertz CT molecular complexity index is 959. The van der Waals surface area contributed by atoms with Crippen molar-refractivity contribution in [1.29, 1.82) is 0 Å². The first-order chi connectivity index (χ1) is 13.5. The van der Waals surface area contributed by atoms with Gasteiger partial charge in [-0.1, -0.05) is 18.2 Å². The number of aromatic nitrogens is 2. The zero-order chi connectivity index (χ0) is 19.7. The van der Waals surface area contributed by atoms with Gasteiger partial charge in [-0.2, -0.15) is 5.10 Å². The number of amides is 1. The van der Waals surface area contributed by atoms with Crippen molar-refractivity contribution in [3.05, 3.63) is 72.2 Å². The normalized spacial score (nSPS) is 19.6. The summed E-state index contributed by atoms with van der Waals surface area (Å²) in [5, 5.41) is 4.65. The van der Waals surface area contributed by atoms with Crippen molar-refractivity contribution in [2.24, 2.45) is 0 Å². The first-order valence-corrected chi connectivity index (χ1v) is 9.37. The highest BCUT2D eigenvalue weighted by atomic mass is 19.1. The fraction of sp³-hybridized carbons (Fsp3) is 0.273. The van der Waals surface area contributed by atoms with Crippen LogP contribution >= 0.6 is 0 Å². The summed E-state index contributed by atoms with van der Waals surface area (Å²) in [6.07, 6.45) is -0.0327. The summed E-state index contributed by atoms with van der Waals surface area (Å²) in [6, 6.07) is 17.4. The van der Waals surface area contributed by atoms with E-state index < -0.39 is 0 Å². The Balaban J connectivity index is 1.76. The maximum atomic E-state index is 13.3. The number of carbonyl (C=O) groups excluding carboxylic acids is 1. The van der Waals surface area contributed by atoms with Gasteiger partial charge in [0.25, 0.3) is 5.91 Å². The van der Waals surface area contributed by atoms with Crippen LogP contribution in [0.5, 0.6) is 0 Å². The Kier molecular flexibility index (Phi) is 4.96. The lowest BCUT2D eigenvalue weighted by atomic mass is 10.1. The number of nitrogens with zero attached hydrogens (tertiary/aromatic N) is 3. The molecule has 1 aliphatic heterocycles. The van der Waals surface area contributed by atoms with Crippen LogP contribution < -0.4 is 0 Å². The molecule has 0 aliphatic carbocycles. The SMILES string of the molecule is CC1CN(C(=O)c2cc(-c3ccc(F)cc3)nn2-c2ccccc2)CC(C)O1. The Hall–Kier alpha value is -2.99. The number of halogens is 1. The number of carbonyl (C=O) groups is 1. The Labute approximate surface area is 163 Å². The molecular formula is C22H22FN3O2. The molecule has 4 rings (SSSR count). The van der Waals surface area contributed by atoms with E-state index >= 15 is 0 Å². The monoisotopic (exact) mass is 379 g/mol. The van der Waals surface area contributed by atoms with Crippen LogP contribution in [0.1, 0.15) is 24.3 Å². The fourth-order valence-electron chi connectivity index (χ4n) is 3.57. The highest BCUT2D eigenvalue weighted by Crippen LogP contribution is 2.24. The van der Waals surface area contributed by atoms with Crippen LogP contribution in [0, 0.1) is 5.82 Å². The molecule has 6 heteroatoms. The van der Waals surface area contributed by atoms with E-state index in [4.69, 9.17) is 4.74 Å². The summed E-state index contributed by atoms with van der Waals surface area (Å²) in [4.78, 5) is 15.1. The van der Waals surface area contributed by atoms with E-state index in [1.165, 1.54) is 12.1 Å². The zero-order valence-corrected chi connectivity index (χ0v) is 15.9. The average Bonchev–Trinajstić information content (AvgIpc) is 3.13. The maximum Gasteiger partial charge on any atom is 0.272 e. The predicted octanol–water partition coefficient (Wildman–Crippen LogP) is 3.93. The van der Waals surface area contributed by atoms with Crippen molar-refractivity contribution in [3.63, 3.8) is 0 Å². The molecule has 3 aromatic rings. The molecule has 2 heterocycles. The summed E-state index contributed by atoms with van der Waals surface area (Å²) in [5.74, 6) is -0.398. The van der Waals surface area contributed by atoms with Crippen molar-refractivity contribution < 1.29 is 13.9 Å². The molecule has 0 saturated carbocycles. The van der Waals surface area contributed by atoms with Crippen LogP contribution in [-0.4, -0.2) is 45.9 Å². The standard InChI is InChI=1S/C22H22FN3O2/c1-15-13-25(14-16(2)28-15)22(27)21-12-20(17-8-10-18(23)11-9-17)24-26(21)19-6-4-3-5-7-19/h3-12,15-16H,13-14H2,1-2H3. The number of hydrogen-bond donors (Lipinski definition) is 0. The third kappa shape index (κ3) is 3.68. The lowest BCUT2D eigenvalue weighted by molar-refractivity contribution is -0.0588. The van der Waals surface area contributed by atoms with Crippen molar-refractivity contribution in [2.75, 3.05) is 13.1 Å². The van der Waals surface area contributed by atoms with Gasteiger partial charge in [-0.05, 0) is 56.3 Å². The molecule has 2 unspecified atom stereocenters. The second-order valence-electron chi connectivity index (χ2n) is 7.14. The number of rotatable bonds is 3. The summed E-state index contributed by atoms with van der Waals surface area (Å²) in [7, 11) is 0. The topological polar surface area (TPSA) is 47.4 Å². The highest BCUT2D eigenvalue weighted by Gasteiger charge is 2.29. The van der Waals surface area contributed by atoms with E-state index in [0.717, 1.165) is 11.3 Å². The number of benzene rings is 2. The van der Waals surface area contributed by atoms with Crippen molar-refractivity contribution >= 4 is 5.91 Å². The molecule has 1 amide bonds. The Morgan fingerprint density at radius 3 is 2.32 bits per heavy atom. The van der Waals surface area contributed by atoms with Crippen molar-refractivity contribution in [3.8, 4) is 16.9 Å². The largest absolute Gasteiger partial charge is 0.372 e. The second-order valence-corrected chi connectivity index (χ2v) is 7.14. The molecule has 1 aromatic heterocycles. The Morgan fingerprint density at radius 2 is 1.68 bits per heavy atom. The Morgan fingerprint density at radius 1 is 1.04 bits per heavy atom. The summed E-state index contributed by atoms with van der Waals surface area (Å²) in [5.41, 5.74) is 2.66. The highest BCUT2D eigenvalue weighted by molar-refractivity contribution is 5.94. The molecule has 2 aromatic carbocycles. The van der Waals surface area contributed by atoms with Gasteiger partial charge in [-0.25, -0.2) is 9.07 Å². The van der Waals surface area contributed by atoms with Crippen LogP contribution in [0.3, 0.4) is 0 Å². The van der Waals surface area contributed by atoms with E-state index in [1.807, 2.05) is 49.1 Å². The van der Waals surface area contributed by atoms with E-state index in [9.17, 15) is 9.18 Å². The van der Waals surface area contributed by atoms with Crippen molar-refractivity contribution in [1.82, 2.24) is 14.7 Å². The lowest BCUT2D eigenvalue weighted by Gasteiger charge is -2.35. The number of hydrogen-bond acceptors (Lipinski definition) is 3. The molecule has 28 heavy (non-hydrogen) atoms. The van der Waals surface area contributed by atoms with Crippen LogP contribution in [-0.2, 0) is 4.74 Å². The van der Waals surface area contributed by atoms with Crippen LogP contribution in [0.15, 0.2) is 60.7 Å². The molecule has 0 N–H and O–H groups in total. The van der Waals surface area contributed by atoms with Gasteiger partial charge in [0.1, 0.15) is 11.5 Å². The molecule has 0 bridgehead atoms. The zero-order valence-electron chi connectivity index (χ0n) is 15.9. The molecule has 2 atom stereocenters. The van der Waals surface area contributed by atoms with E-state index in [1.54, 1.807) is 22.9 Å². The first kappa shape index (κ1) is 18.4. The number of morpholine rings is 1.